The molecule has 0 unspecified atom stereocenters. The topological polar surface area (TPSA) is 33.7 Å². The first-order valence-corrected chi connectivity index (χ1v) is 6.94. The molecular weight excluding hydrogens is 252 g/mol. The largest absolute Gasteiger partial charge is 0.497 e. The zero-order valence-corrected chi connectivity index (χ0v) is 13.6. The van der Waals surface area contributed by atoms with Crippen molar-refractivity contribution in [2.24, 2.45) is 5.41 Å². The maximum absolute atomic E-state index is 5.39. The van der Waals surface area contributed by atoms with Crippen LogP contribution < -0.4 is 14.8 Å². The van der Waals surface area contributed by atoms with Gasteiger partial charge in [-0.15, -0.1) is 0 Å². The highest BCUT2D eigenvalue weighted by atomic mass is 16.5. The van der Waals surface area contributed by atoms with Gasteiger partial charge in [-0.3, -0.25) is 0 Å². The second-order valence-corrected chi connectivity index (χ2v) is 6.18. The molecule has 4 nitrogen and oxygen atoms in total. The van der Waals surface area contributed by atoms with Gasteiger partial charge in [-0.05, 0) is 37.7 Å². The first kappa shape index (κ1) is 16.8. The maximum Gasteiger partial charge on any atom is 0.123 e. The van der Waals surface area contributed by atoms with Gasteiger partial charge in [-0.2, -0.15) is 0 Å². The van der Waals surface area contributed by atoms with Crippen LogP contribution in [0.25, 0.3) is 0 Å². The molecule has 0 heterocycles. The summed E-state index contributed by atoms with van der Waals surface area (Å²) in [5.41, 5.74) is 1.35. The highest BCUT2D eigenvalue weighted by Gasteiger charge is 2.18. The Morgan fingerprint density at radius 3 is 2.40 bits per heavy atom. The predicted molar refractivity (Wildman–Crippen MR) is 83.6 cm³/mol. The lowest BCUT2D eigenvalue weighted by atomic mass is 9.93. The monoisotopic (exact) mass is 280 g/mol. The van der Waals surface area contributed by atoms with Gasteiger partial charge >= 0.3 is 0 Å². The molecule has 114 valence electrons. The second kappa shape index (κ2) is 7.50. The minimum Gasteiger partial charge on any atom is -0.497 e. The number of rotatable bonds is 8. The summed E-state index contributed by atoms with van der Waals surface area (Å²) in [5.74, 6) is 1.75. The number of nitrogens with one attached hydrogen (secondary N) is 1. The van der Waals surface area contributed by atoms with Crippen molar-refractivity contribution >= 4 is 0 Å². The van der Waals surface area contributed by atoms with Crippen LogP contribution in [0.15, 0.2) is 18.2 Å². The van der Waals surface area contributed by atoms with E-state index < -0.39 is 0 Å². The highest BCUT2D eigenvalue weighted by molar-refractivity contribution is 5.40. The van der Waals surface area contributed by atoms with Crippen LogP contribution in [0, 0.1) is 5.41 Å². The molecule has 0 saturated carbocycles. The van der Waals surface area contributed by atoms with Gasteiger partial charge in [0.05, 0.1) is 14.2 Å². The van der Waals surface area contributed by atoms with E-state index in [1.165, 1.54) is 0 Å². The maximum atomic E-state index is 5.39. The van der Waals surface area contributed by atoms with E-state index in [1.54, 1.807) is 14.2 Å². The Hall–Kier alpha value is -1.26. The number of nitrogens with zero attached hydrogens (tertiary/aromatic N) is 1. The van der Waals surface area contributed by atoms with Crippen molar-refractivity contribution in [1.82, 2.24) is 10.2 Å². The molecular formula is C16H28N2O2. The molecule has 0 aliphatic carbocycles. The molecule has 0 fully saturated rings. The number of benzene rings is 1. The average molecular weight is 280 g/mol. The number of hydrogen-bond donors (Lipinski definition) is 1. The molecule has 0 aliphatic rings. The molecule has 1 aromatic rings. The lowest BCUT2D eigenvalue weighted by Crippen LogP contribution is -2.37. The fourth-order valence-corrected chi connectivity index (χ4v) is 2.47. The van der Waals surface area contributed by atoms with Crippen LogP contribution in [0.2, 0.25) is 0 Å². The zero-order valence-electron chi connectivity index (χ0n) is 13.6. The van der Waals surface area contributed by atoms with Crippen molar-refractivity contribution in [3.05, 3.63) is 23.8 Å². The summed E-state index contributed by atoms with van der Waals surface area (Å²) in [4.78, 5) is 2.22. The summed E-state index contributed by atoms with van der Waals surface area (Å²) in [7, 11) is 7.58. The van der Waals surface area contributed by atoms with Gasteiger partial charge in [0.15, 0.2) is 0 Å². The number of hydrogen-bond acceptors (Lipinski definition) is 4. The number of methoxy groups -OCH3 is 2. The van der Waals surface area contributed by atoms with Gasteiger partial charge in [0.25, 0.3) is 0 Å². The third-order valence-corrected chi connectivity index (χ3v) is 3.15. The van der Waals surface area contributed by atoms with Gasteiger partial charge in [-0.1, -0.05) is 13.8 Å². The quantitative estimate of drug-likeness (QED) is 0.793. The lowest BCUT2D eigenvalue weighted by molar-refractivity contribution is 0.232. The molecule has 0 aliphatic heterocycles. The van der Waals surface area contributed by atoms with Gasteiger partial charge in [0.2, 0.25) is 0 Å². The smallest absolute Gasteiger partial charge is 0.123 e. The van der Waals surface area contributed by atoms with Crippen LogP contribution in [0.5, 0.6) is 11.5 Å². The molecule has 1 rings (SSSR count). The summed E-state index contributed by atoms with van der Waals surface area (Å²) in [5, 5.41) is 3.51. The molecule has 20 heavy (non-hydrogen) atoms. The molecule has 1 aromatic carbocycles. The van der Waals surface area contributed by atoms with E-state index >= 15 is 0 Å². The summed E-state index contributed by atoms with van der Waals surface area (Å²) >= 11 is 0. The minimum atomic E-state index is 0.232. The molecule has 0 radical (unpaired) electrons. The predicted octanol–water partition coefficient (Wildman–Crippen LogP) is 2.38. The Balaban J connectivity index is 2.60. The molecule has 0 bridgehead atoms. The van der Waals surface area contributed by atoms with Crippen molar-refractivity contribution in [3.8, 4) is 11.5 Å². The minimum absolute atomic E-state index is 0.232. The third-order valence-electron chi connectivity index (χ3n) is 3.15. The van der Waals surface area contributed by atoms with Gasteiger partial charge in [0, 0.05) is 25.2 Å². The van der Waals surface area contributed by atoms with Crippen LogP contribution in [0.4, 0.5) is 0 Å². The van der Waals surface area contributed by atoms with Gasteiger partial charge < -0.3 is 19.7 Å². The fraction of sp³-hybridized carbons (Fsp3) is 0.625. The van der Waals surface area contributed by atoms with E-state index in [9.17, 15) is 0 Å². The second-order valence-electron chi connectivity index (χ2n) is 6.18. The normalized spacial score (nSPS) is 11.8. The van der Waals surface area contributed by atoms with Crippen molar-refractivity contribution < 1.29 is 9.47 Å². The summed E-state index contributed by atoms with van der Waals surface area (Å²) < 4.78 is 10.7. The molecule has 0 amide bonds. The third kappa shape index (κ3) is 5.39. The van der Waals surface area contributed by atoms with E-state index in [-0.39, 0.29) is 5.41 Å². The molecule has 1 N–H and O–H groups in total. The van der Waals surface area contributed by atoms with E-state index in [0.717, 1.165) is 36.7 Å². The van der Waals surface area contributed by atoms with E-state index in [0.29, 0.717) is 0 Å². The zero-order chi connectivity index (χ0) is 15.2. The van der Waals surface area contributed by atoms with Crippen LogP contribution in [0.1, 0.15) is 19.4 Å². The molecule has 0 saturated heterocycles. The fourth-order valence-electron chi connectivity index (χ4n) is 2.47. The van der Waals surface area contributed by atoms with E-state index in [4.69, 9.17) is 9.47 Å². The molecule has 4 heteroatoms. The SMILES string of the molecule is COc1ccc(OC)c(CNCC(C)(C)CN(C)C)c1. The Bertz CT molecular complexity index is 417. The van der Waals surface area contributed by atoms with Crippen LogP contribution in [-0.4, -0.2) is 46.3 Å². The Labute approximate surface area is 123 Å². The average Bonchev–Trinajstić information content (AvgIpc) is 2.36. The van der Waals surface area contributed by atoms with Crippen LogP contribution in [0.3, 0.4) is 0 Å². The Morgan fingerprint density at radius 2 is 1.85 bits per heavy atom. The van der Waals surface area contributed by atoms with E-state index in [2.05, 4.69) is 38.2 Å². The summed E-state index contributed by atoms with van der Waals surface area (Å²) in [6.07, 6.45) is 0. The molecule has 0 spiro atoms. The van der Waals surface area contributed by atoms with Gasteiger partial charge in [0.1, 0.15) is 11.5 Å². The van der Waals surface area contributed by atoms with Crippen molar-refractivity contribution in [2.75, 3.05) is 41.4 Å². The van der Waals surface area contributed by atoms with Crippen LogP contribution in [-0.2, 0) is 6.54 Å². The summed E-state index contributed by atoms with van der Waals surface area (Å²) in [6.45, 7) is 7.31. The molecule has 0 atom stereocenters. The van der Waals surface area contributed by atoms with E-state index in [1.807, 2.05) is 18.2 Å². The van der Waals surface area contributed by atoms with Crippen LogP contribution >= 0.6 is 0 Å². The molecule has 0 aromatic heterocycles. The standard InChI is InChI=1S/C16H28N2O2/c1-16(2,12-18(3)4)11-17-10-13-9-14(19-5)7-8-15(13)20-6/h7-9,17H,10-12H2,1-6H3. The lowest BCUT2D eigenvalue weighted by Gasteiger charge is -2.28. The Kier molecular flexibility index (Phi) is 6.30. The Morgan fingerprint density at radius 1 is 1.15 bits per heavy atom. The summed E-state index contributed by atoms with van der Waals surface area (Å²) in [6, 6.07) is 5.88. The highest BCUT2D eigenvalue weighted by Crippen LogP contribution is 2.24. The van der Waals surface area contributed by atoms with Crippen molar-refractivity contribution in [1.29, 1.82) is 0 Å². The number of ether oxygens (including phenoxy) is 2. The first-order valence-electron chi connectivity index (χ1n) is 6.94. The van der Waals surface area contributed by atoms with Crippen molar-refractivity contribution in [3.63, 3.8) is 0 Å². The van der Waals surface area contributed by atoms with Crippen molar-refractivity contribution in [2.45, 2.75) is 20.4 Å². The van der Waals surface area contributed by atoms with Gasteiger partial charge in [-0.25, -0.2) is 0 Å². The first-order chi connectivity index (χ1) is 9.38.